The number of thiazole rings is 1. The number of nitrogens with one attached hydrogen (secondary N) is 1. The van der Waals surface area contributed by atoms with Crippen molar-refractivity contribution < 1.29 is 0 Å². The Bertz CT molecular complexity index is 439. The first-order chi connectivity index (χ1) is 8.75. The van der Waals surface area contributed by atoms with Crippen LogP contribution < -0.4 is 5.32 Å². The average Bonchev–Trinajstić information content (AvgIpc) is 2.88. The second kappa shape index (κ2) is 6.64. The van der Waals surface area contributed by atoms with Gasteiger partial charge in [0.15, 0.2) is 0 Å². The van der Waals surface area contributed by atoms with Crippen molar-refractivity contribution in [2.24, 2.45) is 0 Å². The summed E-state index contributed by atoms with van der Waals surface area (Å²) in [6.07, 6.45) is 1.85. The van der Waals surface area contributed by atoms with Gasteiger partial charge in [0.05, 0.1) is 0 Å². The molecule has 0 amide bonds. The molecule has 3 nitrogen and oxygen atoms in total. The van der Waals surface area contributed by atoms with E-state index < -0.39 is 0 Å². The summed E-state index contributed by atoms with van der Waals surface area (Å²) < 4.78 is 0. The molecule has 0 aliphatic heterocycles. The SMILES string of the molecule is CN(C)CC(NCc1nccs1)c1ccccc1. The molecule has 0 fully saturated rings. The molecule has 1 unspecified atom stereocenters. The summed E-state index contributed by atoms with van der Waals surface area (Å²) >= 11 is 1.69. The Kier molecular flexibility index (Phi) is 4.87. The lowest BCUT2D eigenvalue weighted by Crippen LogP contribution is -2.30. The van der Waals surface area contributed by atoms with Gasteiger partial charge in [0.25, 0.3) is 0 Å². The van der Waals surface area contributed by atoms with Crippen LogP contribution in [-0.4, -0.2) is 30.5 Å². The van der Waals surface area contributed by atoms with Crippen molar-refractivity contribution in [2.45, 2.75) is 12.6 Å². The van der Waals surface area contributed by atoms with Crippen molar-refractivity contribution in [1.29, 1.82) is 0 Å². The fraction of sp³-hybridized carbons (Fsp3) is 0.357. The maximum atomic E-state index is 4.30. The Hall–Kier alpha value is -1.23. The van der Waals surface area contributed by atoms with Gasteiger partial charge in [-0.25, -0.2) is 4.98 Å². The van der Waals surface area contributed by atoms with Crippen LogP contribution in [0.4, 0.5) is 0 Å². The molecule has 1 aromatic heterocycles. The molecule has 1 aromatic carbocycles. The Labute approximate surface area is 112 Å². The highest BCUT2D eigenvalue weighted by Gasteiger charge is 2.12. The third-order valence-electron chi connectivity index (χ3n) is 2.73. The lowest BCUT2D eigenvalue weighted by molar-refractivity contribution is 0.340. The zero-order chi connectivity index (χ0) is 12.8. The van der Waals surface area contributed by atoms with Crippen LogP contribution in [0, 0.1) is 0 Å². The van der Waals surface area contributed by atoms with Crippen molar-refractivity contribution in [3.8, 4) is 0 Å². The second-order valence-corrected chi connectivity index (χ2v) is 5.51. The molecule has 4 heteroatoms. The Morgan fingerprint density at radius 1 is 1.28 bits per heavy atom. The first-order valence-corrected chi connectivity index (χ1v) is 6.95. The number of aromatic nitrogens is 1. The number of nitrogens with zero attached hydrogens (tertiary/aromatic N) is 2. The standard InChI is InChI=1S/C14H19N3S/c1-17(2)11-13(12-6-4-3-5-7-12)16-10-14-15-8-9-18-14/h3-9,13,16H,10-11H2,1-2H3. The molecular formula is C14H19N3S. The molecule has 1 atom stereocenters. The van der Waals surface area contributed by atoms with E-state index in [4.69, 9.17) is 0 Å². The van der Waals surface area contributed by atoms with Gasteiger partial charge >= 0.3 is 0 Å². The molecule has 2 rings (SSSR count). The summed E-state index contributed by atoms with van der Waals surface area (Å²) in [6.45, 7) is 1.81. The quantitative estimate of drug-likeness (QED) is 0.866. The monoisotopic (exact) mass is 261 g/mol. The van der Waals surface area contributed by atoms with Crippen LogP contribution in [0.15, 0.2) is 41.9 Å². The smallest absolute Gasteiger partial charge is 0.106 e. The largest absolute Gasteiger partial charge is 0.308 e. The summed E-state index contributed by atoms with van der Waals surface area (Å²) in [5.74, 6) is 0. The molecule has 0 radical (unpaired) electrons. The average molecular weight is 261 g/mol. The summed E-state index contributed by atoms with van der Waals surface area (Å²) in [5, 5.41) is 6.72. The molecule has 0 saturated heterocycles. The predicted octanol–water partition coefficient (Wildman–Crippen LogP) is 2.54. The van der Waals surface area contributed by atoms with E-state index in [1.807, 2.05) is 11.6 Å². The van der Waals surface area contributed by atoms with Crippen LogP contribution in [0.2, 0.25) is 0 Å². The summed E-state index contributed by atoms with van der Waals surface area (Å²) in [4.78, 5) is 6.50. The van der Waals surface area contributed by atoms with Crippen molar-refractivity contribution in [3.63, 3.8) is 0 Å². The van der Waals surface area contributed by atoms with Gasteiger partial charge in [-0.15, -0.1) is 11.3 Å². The second-order valence-electron chi connectivity index (χ2n) is 4.53. The van der Waals surface area contributed by atoms with E-state index in [0.717, 1.165) is 18.1 Å². The van der Waals surface area contributed by atoms with Crippen LogP contribution in [0.1, 0.15) is 16.6 Å². The molecule has 1 N–H and O–H groups in total. The molecule has 0 bridgehead atoms. The van der Waals surface area contributed by atoms with Crippen molar-refractivity contribution in [1.82, 2.24) is 15.2 Å². The highest BCUT2D eigenvalue weighted by Crippen LogP contribution is 2.14. The fourth-order valence-corrected chi connectivity index (χ4v) is 2.46. The zero-order valence-electron chi connectivity index (χ0n) is 10.8. The van der Waals surface area contributed by atoms with Gasteiger partial charge in [0.1, 0.15) is 5.01 Å². The van der Waals surface area contributed by atoms with Crippen molar-refractivity contribution in [3.05, 3.63) is 52.5 Å². The van der Waals surface area contributed by atoms with E-state index in [9.17, 15) is 0 Å². The predicted molar refractivity (Wildman–Crippen MR) is 76.7 cm³/mol. The summed E-state index contributed by atoms with van der Waals surface area (Å²) in [5.41, 5.74) is 1.32. The molecule has 1 heterocycles. The van der Waals surface area contributed by atoms with Crippen LogP contribution in [0.3, 0.4) is 0 Å². The molecule has 0 spiro atoms. The first kappa shape index (κ1) is 13.2. The van der Waals surface area contributed by atoms with E-state index in [0.29, 0.717) is 6.04 Å². The minimum Gasteiger partial charge on any atom is -0.308 e. The topological polar surface area (TPSA) is 28.2 Å². The number of likely N-dealkylation sites (N-methyl/N-ethyl adjacent to an activating group) is 1. The lowest BCUT2D eigenvalue weighted by atomic mass is 10.1. The van der Waals surface area contributed by atoms with Gasteiger partial charge in [-0.2, -0.15) is 0 Å². The van der Waals surface area contributed by atoms with Gasteiger partial charge in [-0.1, -0.05) is 30.3 Å². The molecule has 18 heavy (non-hydrogen) atoms. The number of hydrogen-bond donors (Lipinski definition) is 1. The number of rotatable bonds is 6. The van der Waals surface area contributed by atoms with Crippen LogP contribution in [0.25, 0.3) is 0 Å². The highest BCUT2D eigenvalue weighted by atomic mass is 32.1. The first-order valence-electron chi connectivity index (χ1n) is 6.07. The molecule has 2 aromatic rings. The molecule has 0 aliphatic rings. The normalized spacial score (nSPS) is 12.8. The third-order valence-corrected chi connectivity index (χ3v) is 3.51. The molecule has 0 saturated carbocycles. The van der Waals surface area contributed by atoms with E-state index in [-0.39, 0.29) is 0 Å². The number of benzene rings is 1. The van der Waals surface area contributed by atoms with E-state index in [1.54, 1.807) is 11.3 Å². The number of hydrogen-bond acceptors (Lipinski definition) is 4. The summed E-state index contributed by atoms with van der Waals surface area (Å²) in [7, 11) is 4.20. The van der Waals surface area contributed by atoms with Crippen LogP contribution >= 0.6 is 11.3 Å². The maximum absolute atomic E-state index is 4.30. The minimum absolute atomic E-state index is 0.338. The van der Waals surface area contributed by atoms with E-state index >= 15 is 0 Å². The summed E-state index contributed by atoms with van der Waals surface area (Å²) in [6, 6.07) is 10.9. The van der Waals surface area contributed by atoms with Crippen molar-refractivity contribution in [2.75, 3.05) is 20.6 Å². The van der Waals surface area contributed by atoms with Gasteiger partial charge in [0, 0.05) is 30.7 Å². The highest BCUT2D eigenvalue weighted by molar-refractivity contribution is 7.09. The van der Waals surface area contributed by atoms with Gasteiger partial charge in [-0.05, 0) is 19.7 Å². The van der Waals surface area contributed by atoms with E-state index in [2.05, 4.69) is 59.6 Å². The van der Waals surface area contributed by atoms with Gasteiger partial charge < -0.3 is 10.2 Å². The molecule has 0 aliphatic carbocycles. The maximum Gasteiger partial charge on any atom is 0.106 e. The fourth-order valence-electron chi connectivity index (χ4n) is 1.89. The van der Waals surface area contributed by atoms with Crippen molar-refractivity contribution >= 4 is 11.3 Å². The Morgan fingerprint density at radius 3 is 2.67 bits per heavy atom. The van der Waals surface area contributed by atoms with Crippen LogP contribution in [-0.2, 0) is 6.54 Å². The molecule has 96 valence electrons. The minimum atomic E-state index is 0.338. The molecular weight excluding hydrogens is 242 g/mol. The van der Waals surface area contributed by atoms with Gasteiger partial charge in [-0.3, -0.25) is 0 Å². The lowest BCUT2D eigenvalue weighted by Gasteiger charge is -2.22. The van der Waals surface area contributed by atoms with Gasteiger partial charge in [0.2, 0.25) is 0 Å². The van der Waals surface area contributed by atoms with Crippen LogP contribution in [0.5, 0.6) is 0 Å². The van der Waals surface area contributed by atoms with E-state index in [1.165, 1.54) is 5.56 Å². The zero-order valence-corrected chi connectivity index (χ0v) is 11.7. The third kappa shape index (κ3) is 3.91. The Morgan fingerprint density at radius 2 is 2.06 bits per heavy atom. The Balaban J connectivity index is 2.01.